The largest absolute Gasteiger partial charge is 0.481 e. The Hall–Kier alpha value is -0.910. The van der Waals surface area contributed by atoms with Crippen LogP contribution in [0.15, 0.2) is 0 Å². The Balaban J connectivity index is 2.36. The second-order valence-corrected chi connectivity index (χ2v) is 6.91. The van der Waals surface area contributed by atoms with Crippen LogP contribution in [-0.2, 0) is 4.79 Å². The molecule has 1 atom stereocenters. The zero-order chi connectivity index (χ0) is 15.1. The fraction of sp³-hybridized carbons (Fsp3) is 0.857. The third-order valence-electron chi connectivity index (χ3n) is 3.86. The van der Waals surface area contributed by atoms with Gasteiger partial charge in [0.2, 0.25) is 0 Å². The molecule has 0 aromatic carbocycles. The van der Waals surface area contributed by atoms with E-state index in [4.69, 9.17) is 5.11 Å². The maximum atomic E-state index is 11.9. The first-order chi connectivity index (χ1) is 9.42. The van der Waals surface area contributed by atoms with E-state index in [1.54, 1.807) is 0 Å². The fourth-order valence-electron chi connectivity index (χ4n) is 2.48. The molecule has 5 nitrogen and oxygen atoms in total. The van der Waals surface area contributed by atoms with Crippen molar-refractivity contribution in [3.05, 3.63) is 0 Å². The lowest BCUT2D eigenvalue weighted by Crippen LogP contribution is -2.49. The Morgan fingerprint density at radius 2 is 1.85 bits per heavy atom. The van der Waals surface area contributed by atoms with Gasteiger partial charge in [0.05, 0.1) is 6.42 Å². The summed E-state index contributed by atoms with van der Waals surface area (Å²) in [5, 5.41) is 15.3. The summed E-state index contributed by atoms with van der Waals surface area (Å²) >= 11 is 1.89. The van der Waals surface area contributed by atoms with E-state index in [0.29, 0.717) is 5.25 Å². The molecule has 1 rings (SSSR count). The van der Waals surface area contributed by atoms with Gasteiger partial charge >= 0.3 is 12.0 Å². The van der Waals surface area contributed by atoms with Crippen molar-refractivity contribution in [1.82, 2.24) is 10.6 Å². The van der Waals surface area contributed by atoms with Gasteiger partial charge in [0, 0.05) is 17.3 Å². The number of carboxylic acid groups (broad SMARTS) is 1. The van der Waals surface area contributed by atoms with Crippen LogP contribution in [0, 0.1) is 5.92 Å². The Bertz CT molecular complexity index is 328. The summed E-state index contributed by atoms with van der Waals surface area (Å²) in [6.07, 6.45) is 6.37. The van der Waals surface area contributed by atoms with Gasteiger partial charge in [-0.1, -0.05) is 13.8 Å². The van der Waals surface area contributed by atoms with Crippen LogP contribution in [-0.4, -0.2) is 40.7 Å². The van der Waals surface area contributed by atoms with Crippen LogP contribution < -0.4 is 10.6 Å². The van der Waals surface area contributed by atoms with E-state index in [1.807, 2.05) is 25.6 Å². The highest BCUT2D eigenvalue weighted by atomic mass is 32.2. The number of rotatable bonds is 6. The van der Waals surface area contributed by atoms with Gasteiger partial charge in [0.1, 0.15) is 0 Å². The maximum absolute atomic E-state index is 11.9. The number of nitrogens with one attached hydrogen (secondary N) is 2. The van der Waals surface area contributed by atoms with Gasteiger partial charge in [-0.15, -0.1) is 0 Å². The van der Waals surface area contributed by atoms with E-state index >= 15 is 0 Å². The highest BCUT2D eigenvalue weighted by Crippen LogP contribution is 2.26. The Kier molecular flexibility index (Phi) is 7.19. The van der Waals surface area contributed by atoms with Crippen LogP contribution in [0.4, 0.5) is 4.79 Å². The van der Waals surface area contributed by atoms with E-state index in [1.165, 1.54) is 0 Å². The van der Waals surface area contributed by atoms with E-state index < -0.39 is 5.97 Å². The van der Waals surface area contributed by atoms with Crippen LogP contribution in [0.1, 0.15) is 46.0 Å². The second-order valence-electron chi connectivity index (χ2n) is 5.78. The summed E-state index contributed by atoms with van der Waals surface area (Å²) in [5.74, 6) is -0.784. The molecule has 6 heteroatoms. The molecule has 1 fully saturated rings. The molecule has 0 aliphatic heterocycles. The summed E-state index contributed by atoms with van der Waals surface area (Å²) in [4.78, 5) is 22.7. The first-order valence-corrected chi connectivity index (χ1v) is 8.52. The number of carboxylic acids is 1. The van der Waals surface area contributed by atoms with E-state index in [-0.39, 0.29) is 30.5 Å². The average Bonchev–Trinajstić information content (AvgIpc) is 2.38. The molecule has 2 amide bonds. The maximum Gasteiger partial charge on any atom is 0.315 e. The molecule has 0 aromatic rings. The molecule has 3 N–H and O–H groups in total. The molecule has 0 radical (unpaired) electrons. The number of aliphatic carboxylic acids is 1. The topological polar surface area (TPSA) is 78.4 Å². The minimum absolute atomic E-state index is 0.0374. The molecule has 0 saturated heterocycles. The molecule has 1 saturated carbocycles. The van der Waals surface area contributed by atoms with Crippen LogP contribution >= 0.6 is 11.8 Å². The van der Waals surface area contributed by atoms with Gasteiger partial charge in [-0.2, -0.15) is 11.8 Å². The third-order valence-corrected chi connectivity index (χ3v) is 5.00. The van der Waals surface area contributed by atoms with E-state index in [2.05, 4.69) is 16.9 Å². The molecule has 0 spiro atoms. The number of thioether (sulfide) groups is 1. The minimum atomic E-state index is -0.885. The molecule has 20 heavy (non-hydrogen) atoms. The number of hydrogen-bond acceptors (Lipinski definition) is 3. The van der Waals surface area contributed by atoms with E-state index in [0.717, 1.165) is 25.7 Å². The van der Waals surface area contributed by atoms with Crippen molar-refractivity contribution in [3.8, 4) is 0 Å². The SMILES string of the molecule is CSC1CCC(NC(=O)NC(CC(=O)O)C(C)C)CC1. The Morgan fingerprint density at radius 3 is 2.30 bits per heavy atom. The number of carbonyl (C=O) groups is 2. The highest BCUT2D eigenvalue weighted by molar-refractivity contribution is 7.99. The molecular weight excluding hydrogens is 276 g/mol. The number of amides is 2. The van der Waals surface area contributed by atoms with Crippen molar-refractivity contribution in [2.24, 2.45) is 5.92 Å². The van der Waals surface area contributed by atoms with Crippen molar-refractivity contribution in [2.45, 2.75) is 63.3 Å². The summed E-state index contributed by atoms with van der Waals surface area (Å²) in [7, 11) is 0. The van der Waals surface area contributed by atoms with Gasteiger partial charge in [0.25, 0.3) is 0 Å². The van der Waals surface area contributed by atoms with Gasteiger partial charge in [0.15, 0.2) is 0 Å². The lowest BCUT2D eigenvalue weighted by atomic mass is 9.95. The van der Waals surface area contributed by atoms with Crippen molar-refractivity contribution >= 4 is 23.8 Å². The quantitative estimate of drug-likeness (QED) is 0.704. The lowest BCUT2D eigenvalue weighted by molar-refractivity contribution is -0.137. The van der Waals surface area contributed by atoms with Crippen molar-refractivity contribution in [2.75, 3.05) is 6.26 Å². The van der Waals surface area contributed by atoms with Gasteiger partial charge < -0.3 is 15.7 Å². The summed E-state index contributed by atoms with van der Waals surface area (Å²) < 4.78 is 0. The zero-order valence-corrected chi connectivity index (χ0v) is 13.3. The average molecular weight is 302 g/mol. The predicted molar refractivity (Wildman–Crippen MR) is 82.1 cm³/mol. The number of hydrogen-bond donors (Lipinski definition) is 3. The molecule has 0 aromatic heterocycles. The standard InChI is InChI=1S/C14H26N2O3S/c1-9(2)12(8-13(17)18)16-14(19)15-10-4-6-11(20-3)7-5-10/h9-12H,4-8H2,1-3H3,(H,17,18)(H2,15,16,19). The van der Waals surface area contributed by atoms with Gasteiger partial charge in [-0.25, -0.2) is 4.79 Å². The lowest BCUT2D eigenvalue weighted by Gasteiger charge is -2.29. The van der Waals surface area contributed by atoms with Crippen molar-refractivity contribution in [1.29, 1.82) is 0 Å². The third kappa shape index (κ3) is 6.03. The summed E-state index contributed by atoms with van der Waals surface area (Å²) in [5.41, 5.74) is 0. The van der Waals surface area contributed by atoms with Crippen molar-refractivity contribution < 1.29 is 14.7 Å². The molecular formula is C14H26N2O3S. The van der Waals surface area contributed by atoms with E-state index in [9.17, 15) is 9.59 Å². The molecule has 1 aliphatic rings. The first-order valence-electron chi connectivity index (χ1n) is 7.24. The second kappa shape index (κ2) is 8.39. The minimum Gasteiger partial charge on any atom is -0.481 e. The predicted octanol–water partition coefficient (Wildman–Crippen LogP) is 2.46. The van der Waals surface area contributed by atoms with Crippen LogP contribution in [0.5, 0.6) is 0 Å². The molecule has 1 unspecified atom stereocenters. The van der Waals surface area contributed by atoms with Crippen LogP contribution in [0.2, 0.25) is 0 Å². The summed E-state index contributed by atoms with van der Waals surface area (Å²) in [6.45, 7) is 3.83. The van der Waals surface area contributed by atoms with Gasteiger partial charge in [-0.3, -0.25) is 4.79 Å². The number of urea groups is 1. The van der Waals surface area contributed by atoms with Crippen LogP contribution in [0.3, 0.4) is 0 Å². The smallest absolute Gasteiger partial charge is 0.315 e. The van der Waals surface area contributed by atoms with Crippen LogP contribution in [0.25, 0.3) is 0 Å². The highest BCUT2D eigenvalue weighted by Gasteiger charge is 2.24. The normalized spacial score (nSPS) is 24.2. The van der Waals surface area contributed by atoms with Crippen molar-refractivity contribution in [3.63, 3.8) is 0 Å². The van der Waals surface area contributed by atoms with Gasteiger partial charge in [-0.05, 0) is 37.9 Å². The Labute approximate surface area is 125 Å². The first kappa shape index (κ1) is 17.1. The monoisotopic (exact) mass is 302 g/mol. The Morgan fingerprint density at radius 1 is 1.25 bits per heavy atom. The fourth-order valence-corrected chi connectivity index (χ4v) is 3.22. The zero-order valence-electron chi connectivity index (χ0n) is 12.5. The number of carbonyl (C=O) groups excluding carboxylic acids is 1. The molecule has 0 bridgehead atoms. The summed E-state index contributed by atoms with van der Waals surface area (Å²) in [6, 6.07) is -0.344. The molecule has 0 heterocycles. The molecule has 116 valence electrons. The molecule has 1 aliphatic carbocycles.